The van der Waals surface area contributed by atoms with Gasteiger partial charge in [0.25, 0.3) is 0 Å². The monoisotopic (exact) mass is 379 g/mol. The highest BCUT2D eigenvalue weighted by atomic mass is 28.4. The molecule has 0 aliphatic carbocycles. The number of piperidine rings is 1. The Balaban J connectivity index is 2.09. The molecule has 2 rings (SSSR count). The van der Waals surface area contributed by atoms with Gasteiger partial charge < -0.3 is 19.2 Å². The van der Waals surface area contributed by atoms with Crippen molar-refractivity contribution in [1.29, 1.82) is 0 Å². The molecule has 26 heavy (non-hydrogen) atoms. The molecule has 7 heteroatoms. The number of carbonyl (C=O) groups excluding carboxylic acids is 1. The Hall–Kier alpha value is -1.86. The largest absolute Gasteiger partial charge is 0.465 e. The Bertz CT molecular complexity index is 641. The first kappa shape index (κ1) is 20.4. The zero-order chi connectivity index (χ0) is 19.5. The van der Waals surface area contributed by atoms with Crippen molar-refractivity contribution >= 4 is 20.4 Å². The maximum absolute atomic E-state index is 12.3. The standard InChI is InChI=1S/C19H29NO5Si/c1-19(2,3)26(4,5)25-16-11-15(12-20(13-16)18(22)23)24-17(21)14-9-7-6-8-10-14/h6-10,15-16H,11-13H2,1-5H3,(H,22,23)/t15-,16+/m0/s1. The van der Waals surface area contributed by atoms with E-state index in [2.05, 4.69) is 33.9 Å². The summed E-state index contributed by atoms with van der Waals surface area (Å²) in [6, 6.07) is 8.73. The molecule has 1 heterocycles. The van der Waals surface area contributed by atoms with Crippen LogP contribution in [0, 0.1) is 0 Å². The molecule has 6 nitrogen and oxygen atoms in total. The van der Waals surface area contributed by atoms with Gasteiger partial charge in [0.1, 0.15) is 6.10 Å². The predicted molar refractivity (Wildman–Crippen MR) is 102 cm³/mol. The number of benzene rings is 1. The van der Waals surface area contributed by atoms with Gasteiger partial charge in [0, 0.05) is 13.0 Å². The van der Waals surface area contributed by atoms with Crippen molar-refractivity contribution in [3.05, 3.63) is 35.9 Å². The topological polar surface area (TPSA) is 76.1 Å². The first-order valence-electron chi connectivity index (χ1n) is 8.91. The lowest BCUT2D eigenvalue weighted by Gasteiger charge is -2.43. The number of ether oxygens (including phenoxy) is 1. The summed E-state index contributed by atoms with van der Waals surface area (Å²) < 4.78 is 12.0. The predicted octanol–water partition coefficient (Wildman–Crippen LogP) is 3.99. The molecule has 1 fully saturated rings. The Morgan fingerprint density at radius 3 is 2.23 bits per heavy atom. The van der Waals surface area contributed by atoms with Gasteiger partial charge in [-0.3, -0.25) is 0 Å². The van der Waals surface area contributed by atoms with Crippen molar-refractivity contribution in [2.75, 3.05) is 13.1 Å². The number of hydrogen-bond donors (Lipinski definition) is 1. The number of likely N-dealkylation sites (tertiary alicyclic amines) is 1. The number of esters is 1. The van der Waals surface area contributed by atoms with Crippen LogP contribution < -0.4 is 0 Å². The molecule has 1 saturated heterocycles. The molecule has 144 valence electrons. The van der Waals surface area contributed by atoms with E-state index in [-0.39, 0.29) is 17.7 Å². The normalized spacial score (nSPS) is 21.3. The second-order valence-corrected chi connectivity index (χ2v) is 13.1. The SMILES string of the molecule is CC(C)(C)[Si](C)(C)O[C@@H]1C[C@H](OC(=O)c2ccccc2)CN(C(=O)O)C1. The second kappa shape index (κ2) is 7.80. The van der Waals surface area contributed by atoms with Crippen LogP contribution >= 0.6 is 0 Å². The van der Waals surface area contributed by atoms with Crippen molar-refractivity contribution in [1.82, 2.24) is 4.90 Å². The van der Waals surface area contributed by atoms with Crippen LogP contribution in [-0.4, -0.2) is 55.7 Å². The third kappa shape index (κ3) is 5.08. The van der Waals surface area contributed by atoms with Crippen LogP contribution in [0.3, 0.4) is 0 Å². The minimum atomic E-state index is -2.05. The van der Waals surface area contributed by atoms with Crippen molar-refractivity contribution in [3.8, 4) is 0 Å². The first-order chi connectivity index (χ1) is 12.0. The third-order valence-electron chi connectivity index (χ3n) is 5.20. The van der Waals surface area contributed by atoms with Gasteiger partial charge in [0.2, 0.25) is 0 Å². The maximum Gasteiger partial charge on any atom is 0.407 e. The summed E-state index contributed by atoms with van der Waals surface area (Å²) in [6.45, 7) is 11.2. The van der Waals surface area contributed by atoms with E-state index in [1.165, 1.54) is 4.90 Å². The fourth-order valence-corrected chi connectivity index (χ4v) is 4.08. The minimum Gasteiger partial charge on any atom is -0.465 e. The molecule has 0 aromatic heterocycles. The summed E-state index contributed by atoms with van der Waals surface area (Å²) in [4.78, 5) is 25.1. The van der Waals surface area contributed by atoms with Crippen molar-refractivity contribution in [2.24, 2.45) is 0 Å². The highest BCUT2D eigenvalue weighted by Crippen LogP contribution is 2.38. The lowest BCUT2D eigenvalue weighted by Crippen LogP contribution is -2.54. The zero-order valence-corrected chi connectivity index (χ0v) is 17.2. The Morgan fingerprint density at radius 2 is 1.69 bits per heavy atom. The molecule has 1 aliphatic heterocycles. The van der Waals surface area contributed by atoms with Crippen LogP contribution in [0.1, 0.15) is 37.6 Å². The summed E-state index contributed by atoms with van der Waals surface area (Å²) >= 11 is 0. The number of rotatable bonds is 4. The van der Waals surface area contributed by atoms with E-state index in [1.807, 2.05) is 6.07 Å². The van der Waals surface area contributed by atoms with Gasteiger partial charge >= 0.3 is 12.1 Å². The van der Waals surface area contributed by atoms with Crippen LogP contribution in [0.5, 0.6) is 0 Å². The average molecular weight is 380 g/mol. The molecular formula is C19H29NO5Si. The van der Waals surface area contributed by atoms with Gasteiger partial charge in [-0.25, -0.2) is 9.59 Å². The van der Waals surface area contributed by atoms with E-state index in [4.69, 9.17) is 9.16 Å². The number of amides is 1. The molecule has 1 aromatic rings. The van der Waals surface area contributed by atoms with Gasteiger partial charge in [-0.1, -0.05) is 39.0 Å². The molecule has 1 aliphatic rings. The maximum atomic E-state index is 12.3. The number of nitrogens with zero attached hydrogens (tertiary/aromatic N) is 1. The van der Waals surface area contributed by atoms with E-state index in [0.717, 1.165) is 0 Å². The molecular weight excluding hydrogens is 350 g/mol. The summed E-state index contributed by atoms with van der Waals surface area (Å²) in [5.41, 5.74) is 0.460. The summed E-state index contributed by atoms with van der Waals surface area (Å²) in [6.07, 6.45) is -1.29. The van der Waals surface area contributed by atoms with Crippen LogP contribution in [0.15, 0.2) is 30.3 Å². The van der Waals surface area contributed by atoms with Gasteiger partial charge in [-0.05, 0) is 30.3 Å². The summed E-state index contributed by atoms with van der Waals surface area (Å²) in [5.74, 6) is -0.436. The smallest absolute Gasteiger partial charge is 0.407 e. The lowest BCUT2D eigenvalue weighted by molar-refractivity contribution is -0.0220. The van der Waals surface area contributed by atoms with Crippen molar-refractivity contribution in [3.63, 3.8) is 0 Å². The molecule has 0 bridgehead atoms. The van der Waals surface area contributed by atoms with Gasteiger partial charge in [-0.2, -0.15) is 0 Å². The highest BCUT2D eigenvalue weighted by Gasteiger charge is 2.42. The van der Waals surface area contributed by atoms with Gasteiger partial charge in [-0.15, -0.1) is 0 Å². The van der Waals surface area contributed by atoms with E-state index in [9.17, 15) is 14.7 Å². The fourth-order valence-electron chi connectivity index (χ4n) is 2.72. The first-order valence-corrected chi connectivity index (χ1v) is 11.8. The summed E-state index contributed by atoms with van der Waals surface area (Å²) in [7, 11) is -2.05. The molecule has 0 radical (unpaired) electrons. The lowest BCUT2D eigenvalue weighted by atomic mass is 10.1. The van der Waals surface area contributed by atoms with Crippen LogP contribution in [0.25, 0.3) is 0 Å². The molecule has 0 unspecified atom stereocenters. The van der Waals surface area contributed by atoms with E-state index in [1.54, 1.807) is 24.3 Å². The zero-order valence-electron chi connectivity index (χ0n) is 16.2. The van der Waals surface area contributed by atoms with Crippen molar-refractivity contribution in [2.45, 2.75) is 57.5 Å². The molecule has 0 saturated carbocycles. The van der Waals surface area contributed by atoms with Crippen molar-refractivity contribution < 1.29 is 23.9 Å². The van der Waals surface area contributed by atoms with Gasteiger partial charge in [0.05, 0.1) is 18.2 Å². The minimum absolute atomic E-state index is 0.0225. The second-order valence-electron chi connectivity index (χ2n) is 8.32. The third-order valence-corrected chi connectivity index (χ3v) is 9.73. The number of hydrogen-bond acceptors (Lipinski definition) is 4. The molecule has 0 spiro atoms. The molecule has 2 atom stereocenters. The Morgan fingerprint density at radius 1 is 1.12 bits per heavy atom. The van der Waals surface area contributed by atoms with Gasteiger partial charge in [0.15, 0.2) is 8.32 Å². The average Bonchev–Trinajstić information content (AvgIpc) is 2.53. The number of carbonyl (C=O) groups is 2. The Kier molecular flexibility index (Phi) is 6.13. The highest BCUT2D eigenvalue weighted by molar-refractivity contribution is 6.74. The van der Waals surface area contributed by atoms with E-state index >= 15 is 0 Å². The van der Waals surface area contributed by atoms with Crippen LogP contribution in [0.4, 0.5) is 4.79 Å². The summed E-state index contributed by atoms with van der Waals surface area (Å²) in [5, 5.41) is 9.45. The van der Waals surface area contributed by atoms with E-state index in [0.29, 0.717) is 18.5 Å². The fraction of sp³-hybridized carbons (Fsp3) is 0.579. The van der Waals surface area contributed by atoms with Crippen LogP contribution in [-0.2, 0) is 9.16 Å². The quantitative estimate of drug-likeness (QED) is 0.632. The molecule has 1 aromatic carbocycles. The molecule has 1 amide bonds. The van der Waals surface area contributed by atoms with Crippen LogP contribution in [0.2, 0.25) is 18.1 Å². The molecule has 1 N–H and O–H groups in total. The van der Waals surface area contributed by atoms with E-state index < -0.39 is 26.5 Å². The Labute approximate surface area is 156 Å². The number of carboxylic acid groups (broad SMARTS) is 1.